The topological polar surface area (TPSA) is 119 Å². The Bertz CT molecular complexity index is 970. The molecular weight excluding hydrogens is 392 g/mol. The summed E-state index contributed by atoms with van der Waals surface area (Å²) in [5, 5.41) is 22.0. The van der Waals surface area contributed by atoms with Crippen LogP contribution in [0.15, 0.2) is 30.3 Å². The lowest BCUT2D eigenvalue weighted by Gasteiger charge is -2.17. The first kappa shape index (κ1) is 22.8. The standard InChI is InChI=1S/C21H24N2O7/c1-13-12-16(24)19(20(25)29-4)18(14-8-5-6-9-15(14)23(27)28)17(13)21(26)30-11-7-10-22(2)3/h5-6,8-9,12,24H,7,10-11H2,1-4H3. The van der Waals surface area contributed by atoms with Crippen LogP contribution in [0.3, 0.4) is 0 Å². The number of phenolic OH excluding ortho intramolecular Hbond substituents is 1. The number of esters is 2. The summed E-state index contributed by atoms with van der Waals surface area (Å²) in [4.78, 5) is 38.2. The van der Waals surface area contributed by atoms with E-state index < -0.39 is 22.6 Å². The van der Waals surface area contributed by atoms with Crippen LogP contribution >= 0.6 is 0 Å². The maximum atomic E-state index is 12.9. The smallest absolute Gasteiger partial charge is 0.342 e. The van der Waals surface area contributed by atoms with Crippen molar-refractivity contribution in [2.45, 2.75) is 13.3 Å². The second-order valence-corrected chi connectivity index (χ2v) is 6.90. The molecule has 0 saturated carbocycles. The molecule has 0 aliphatic rings. The molecule has 0 fully saturated rings. The van der Waals surface area contributed by atoms with Crippen LogP contribution in [0.2, 0.25) is 0 Å². The number of para-hydroxylation sites is 1. The number of hydrogen-bond acceptors (Lipinski definition) is 8. The van der Waals surface area contributed by atoms with Crippen LogP contribution in [0, 0.1) is 17.0 Å². The number of hydrogen-bond donors (Lipinski definition) is 1. The first-order valence-corrected chi connectivity index (χ1v) is 9.19. The maximum Gasteiger partial charge on any atom is 0.342 e. The van der Waals surface area contributed by atoms with E-state index in [9.17, 15) is 24.8 Å². The monoisotopic (exact) mass is 416 g/mol. The normalized spacial score (nSPS) is 10.7. The van der Waals surface area contributed by atoms with E-state index in [2.05, 4.69) is 0 Å². The third kappa shape index (κ3) is 4.93. The molecule has 0 radical (unpaired) electrons. The molecule has 0 atom stereocenters. The first-order chi connectivity index (χ1) is 14.2. The van der Waals surface area contributed by atoms with Gasteiger partial charge in [-0.15, -0.1) is 0 Å². The van der Waals surface area contributed by atoms with Crippen molar-refractivity contribution >= 4 is 17.6 Å². The largest absolute Gasteiger partial charge is 0.507 e. The summed E-state index contributed by atoms with van der Waals surface area (Å²) < 4.78 is 10.1. The first-order valence-electron chi connectivity index (χ1n) is 9.19. The summed E-state index contributed by atoms with van der Waals surface area (Å²) in [5.74, 6) is -2.12. The van der Waals surface area contributed by atoms with E-state index in [1.54, 1.807) is 6.92 Å². The Morgan fingerprint density at radius 2 is 1.83 bits per heavy atom. The zero-order valence-corrected chi connectivity index (χ0v) is 17.3. The molecule has 160 valence electrons. The van der Waals surface area contributed by atoms with Crippen molar-refractivity contribution in [1.82, 2.24) is 4.90 Å². The molecule has 9 heteroatoms. The predicted molar refractivity (Wildman–Crippen MR) is 110 cm³/mol. The molecule has 0 aliphatic carbocycles. The summed E-state index contributed by atoms with van der Waals surface area (Å²) in [7, 11) is 4.90. The van der Waals surface area contributed by atoms with E-state index in [0.29, 0.717) is 18.5 Å². The molecule has 9 nitrogen and oxygen atoms in total. The Balaban J connectivity index is 2.70. The lowest BCUT2D eigenvalue weighted by Crippen LogP contribution is -2.18. The molecule has 0 amide bonds. The molecule has 2 aromatic rings. The van der Waals surface area contributed by atoms with E-state index in [4.69, 9.17) is 9.47 Å². The molecule has 0 spiro atoms. The molecular formula is C21H24N2O7. The SMILES string of the molecule is COC(=O)c1c(O)cc(C)c(C(=O)OCCCN(C)C)c1-c1ccccc1[N+](=O)[O-]. The number of nitro benzene ring substituents is 1. The third-order valence-corrected chi connectivity index (χ3v) is 4.45. The molecule has 0 bridgehead atoms. The van der Waals surface area contributed by atoms with Gasteiger partial charge in [0.25, 0.3) is 5.69 Å². The highest BCUT2D eigenvalue weighted by Gasteiger charge is 2.31. The van der Waals surface area contributed by atoms with Crippen LogP contribution in [-0.4, -0.2) is 61.2 Å². The van der Waals surface area contributed by atoms with Crippen LogP contribution in [0.25, 0.3) is 11.1 Å². The number of aromatic hydroxyl groups is 1. The average molecular weight is 416 g/mol. The van der Waals surface area contributed by atoms with Crippen molar-refractivity contribution in [2.75, 3.05) is 34.4 Å². The molecule has 0 heterocycles. The number of nitrogens with zero attached hydrogens (tertiary/aromatic N) is 2. The van der Waals surface area contributed by atoms with E-state index in [0.717, 1.165) is 7.11 Å². The van der Waals surface area contributed by atoms with Gasteiger partial charge in [0.1, 0.15) is 11.3 Å². The Hall–Kier alpha value is -3.46. The number of methoxy groups -OCH3 is 1. The van der Waals surface area contributed by atoms with Crippen LogP contribution in [0.4, 0.5) is 5.69 Å². The van der Waals surface area contributed by atoms with E-state index in [1.165, 1.54) is 30.3 Å². The van der Waals surface area contributed by atoms with Gasteiger partial charge < -0.3 is 19.5 Å². The number of carbonyl (C=O) groups excluding carboxylic acids is 2. The van der Waals surface area contributed by atoms with Crippen molar-refractivity contribution in [3.63, 3.8) is 0 Å². The zero-order valence-electron chi connectivity index (χ0n) is 17.3. The van der Waals surface area contributed by atoms with Gasteiger partial charge in [-0.05, 0) is 45.1 Å². The number of phenols is 1. The van der Waals surface area contributed by atoms with Gasteiger partial charge in [-0.3, -0.25) is 10.1 Å². The van der Waals surface area contributed by atoms with Gasteiger partial charge in [-0.2, -0.15) is 0 Å². The van der Waals surface area contributed by atoms with Crippen LogP contribution in [0.1, 0.15) is 32.7 Å². The van der Waals surface area contributed by atoms with Gasteiger partial charge >= 0.3 is 11.9 Å². The second-order valence-electron chi connectivity index (χ2n) is 6.90. The molecule has 30 heavy (non-hydrogen) atoms. The molecule has 2 aromatic carbocycles. The summed E-state index contributed by atoms with van der Waals surface area (Å²) in [6.07, 6.45) is 0.584. The fourth-order valence-electron chi connectivity index (χ4n) is 3.10. The highest BCUT2D eigenvalue weighted by molar-refractivity contribution is 6.09. The van der Waals surface area contributed by atoms with E-state index in [-0.39, 0.29) is 34.5 Å². The maximum absolute atomic E-state index is 12.9. The quantitative estimate of drug-likeness (QED) is 0.302. The second kappa shape index (κ2) is 9.84. The summed E-state index contributed by atoms with van der Waals surface area (Å²) >= 11 is 0. The molecule has 0 saturated heterocycles. The number of benzene rings is 2. The Labute approximate surface area is 174 Å². The Morgan fingerprint density at radius 1 is 1.17 bits per heavy atom. The van der Waals surface area contributed by atoms with Crippen molar-refractivity contribution in [3.8, 4) is 16.9 Å². The fourth-order valence-corrected chi connectivity index (χ4v) is 3.10. The number of ether oxygens (including phenoxy) is 2. The van der Waals surface area contributed by atoms with Crippen molar-refractivity contribution in [2.24, 2.45) is 0 Å². The molecule has 0 unspecified atom stereocenters. The van der Waals surface area contributed by atoms with Crippen LogP contribution < -0.4 is 0 Å². The minimum absolute atomic E-state index is 0.00198. The lowest BCUT2D eigenvalue weighted by molar-refractivity contribution is -0.384. The number of nitro groups is 1. The van der Waals surface area contributed by atoms with Crippen molar-refractivity contribution < 1.29 is 29.1 Å². The van der Waals surface area contributed by atoms with Crippen LogP contribution in [0.5, 0.6) is 5.75 Å². The van der Waals surface area contributed by atoms with Gasteiger partial charge in [0.2, 0.25) is 0 Å². The predicted octanol–water partition coefficient (Wildman–Crippen LogP) is 3.17. The highest BCUT2D eigenvalue weighted by Crippen LogP contribution is 2.40. The van der Waals surface area contributed by atoms with Crippen molar-refractivity contribution in [3.05, 3.63) is 57.1 Å². The third-order valence-electron chi connectivity index (χ3n) is 4.45. The highest BCUT2D eigenvalue weighted by atomic mass is 16.6. The van der Waals surface area contributed by atoms with E-state index >= 15 is 0 Å². The van der Waals surface area contributed by atoms with Crippen LogP contribution in [-0.2, 0) is 9.47 Å². The van der Waals surface area contributed by atoms with Gasteiger partial charge in [-0.25, -0.2) is 9.59 Å². The Morgan fingerprint density at radius 3 is 2.43 bits per heavy atom. The number of aryl methyl sites for hydroxylation is 1. The summed E-state index contributed by atoms with van der Waals surface area (Å²) in [5.41, 5.74) is -0.475. The molecule has 0 aliphatic heterocycles. The molecule has 1 N–H and O–H groups in total. The Kier molecular flexibility index (Phi) is 7.48. The summed E-state index contributed by atoms with van der Waals surface area (Å²) in [6, 6.07) is 6.90. The van der Waals surface area contributed by atoms with E-state index in [1.807, 2.05) is 19.0 Å². The minimum Gasteiger partial charge on any atom is -0.507 e. The fraction of sp³-hybridized carbons (Fsp3) is 0.333. The lowest BCUT2D eigenvalue weighted by atomic mass is 9.89. The number of rotatable bonds is 8. The molecule has 0 aromatic heterocycles. The summed E-state index contributed by atoms with van der Waals surface area (Å²) in [6.45, 7) is 2.38. The van der Waals surface area contributed by atoms with Gasteiger partial charge in [0, 0.05) is 18.2 Å². The minimum atomic E-state index is -0.928. The van der Waals surface area contributed by atoms with Crippen molar-refractivity contribution in [1.29, 1.82) is 0 Å². The van der Waals surface area contributed by atoms with Gasteiger partial charge in [-0.1, -0.05) is 12.1 Å². The van der Waals surface area contributed by atoms with Gasteiger partial charge in [0.05, 0.1) is 29.8 Å². The average Bonchev–Trinajstić information content (AvgIpc) is 2.69. The molecule has 2 rings (SSSR count). The zero-order chi connectivity index (χ0) is 22.4. The van der Waals surface area contributed by atoms with Gasteiger partial charge in [0.15, 0.2) is 0 Å². The number of carbonyl (C=O) groups is 2.